The predicted molar refractivity (Wildman–Crippen MR) is 58.2 cm³/mol. The first kappa shape index (κ1) is 11.4. The molecule has 0 spiro atoms. The fourth-order valence-electron chi connectivity index (χ4n) is 1.33. The lowest BCUT2D eigenvalue weighted by Crippen LogP contribution is -2.19. The zero-order valence-corrected chi connectivity index (χ0v) is 8.68. The average molecular weight is 209 g/mol. The van der Waals surface area contributed by atoms with Crippen LogP contribution in [0.3, 0.4) is 0 Å². The maximum absolute atomic E-state index is 10.3. The largest absolute Gasteiger partial charge is 0.508 e. The molecule has 0 aromatic heterocycles. The predicted octanol–water partition coefficient (Wildman–Crippen LogP) is 1.69. The van der Waals surface area contributed by atoms with Crippen LogP contribution in [0.25, 0.3) is 0 Å². The van der Waals surface area contributed by atoms with Gasteiger partial charge in [0.05, 0.1) is 0 Å². The van der Waals surface area contributed by atoms with Crippen LogP contribution >= 0.6 is 0 Å². The summed E-state index contributed by atoms with van der Waals surface area (Å²) in [5, 5.41) is 17.7. The fraction of sp³-hybridized carbons (Fsp3) is 0.364. The van der Waals surface area contributed by atoms with E-state index >= 15 is 0 Å². The number of nitrogens with zero attached hydrogens (tertiary/aromatic N) is 1. The highest BCUT2D eigenvalue weighted by Gasteiger charge is 2.03. The Morgan fingerprint density at radius 3 is 2.80 bits per heavy atom. The Balaban J connectivity index is 2.46. The van der Waals surface area contributed by atoms with Crippen LogP contribution in [0.1, 0.15) is 12.8 Å². The highest BCUT2D eigenvalue weighted by molar-refractivity contribution is 5.66. The van der Waals surface area contributed by atoms with E-state index in [0.717, 1.165) is 5.69 Å². The Morgan fingerprint density at radius 1 is 1.47 bits per heavy atom. The Bertz CT molecular complexity index is 338. The minimum absolute atomic E-state index is 0.170. The summed E-state index contributed by atoms with van der Waals surface area (Å²) in [5.74, 6) is -0.558. The molecule has 0 aliphatic carbocycles. The molecule has 2 N–H and O–H groups in total. The van der Waals surface area contributed by atoms with E-state index < -0.39 is 5.97 Å². The summed E-state index contributed by atoms with van der Waals surface area (Å²) < 4.78 is 0. The van der Waals surface area contributed by atoms with Gasteiger partial charge >= 0.3 is 5.97 Å². The number of benzene rings is 1. The van der Waals surface area contributed by atoms with E-state index in [4.69, 9.17) is 5.11 Å². The number of carboxylic acid groups (broad SMARTS) is 1. The van der Waals surface area contributed by atoms with Crippen molar-refractivity contribution in [1.82, 2.24) is 0 Å². The minimum atomic E-state index is -0.778. The van der Waals surface area contributed by atoms with Crippen LogP contribution in [0.2, 0.25) is 0 Å². The first-order chi connectivity index (χ1) is 7.09. The number of aliphatic carboxylic acids is 1. The van der Waals surface area contributed by atoms with Gasteiger partial charge in [0.15, 0.2) is 0 Å². The summed E-state index contributed by atoms with van der Waals surface area (Å²) in [4.78, 5) is 12.2. The zero-order chi connectivity index (χ0) is 11.3. The van der Waals surface area contributed by atoms with Crippen molar-refractivity contribution in [2.45, 2.75) is 12.8 Å². The third kappa shape index (κ3) is 3.89. The van der Waals surface area contributed by atoms with E-state index in [1.54, 1.807) is 18.2 Å². The molecule has 82 valence electrons. The van der Waals surface area contributed by atoms with E-state index in [0.29, 0.717) is 13.0 Å². The minimum Gasteiger partial charge on any atom is -0.508 e. The normalized spacial score (nSPS) is 9.93. The summed E-state index contributed by atoms with van der Waals surface area (Å²) in [5.41, 5.74) is 0.889. The average Bonchev–Trinajstić information content (AvgIpc) is 2.17. The second-order valence-electron chi connectivity index (χ2n) is 3.44. The van der Waals surface area contributed by atoms with E-state index in [1.807, 2.05) is 18.0 Å². The molecule has 0 amide bonds. The number of hydrogen-bond donors (Lipinski definition) is 2. The van der Waals surface area contributed by atoms with E-state index in [-0.39, 0.29) is 12.2 Å². The van der Waals surface area contributed by atoms with Gasteiger partial charge in [0.1, 0.15) is 5.75 Å². The highest BCUT2D eigenvalue weighted by atomic mass is 16.4. The first-order valence-electron chi connectivity index (χ1n) is 4.81. The maximum Gasteiger partial charge on any atom is 0.303 e. The van der Waals surface area contributed by atoms with Gasteiger partial charge in [0.25, 0.3) is 0 Å². The Morgan fingerprint density at radius 2 is 2.20 bits per heavy atom. The Kier molecular flexibility index (Phi) is 3.97. The molecule has 0 heterocycles. The number of rotatable bonds is 5. The van der Waals surface area contributed by atoms with E-state index in [1.165, 1.54) is 0 Å². The SMILES string of the molecule is CN(CCCC(=O)O)c1cccc(O)c1. The van der Waals surface area contributed by atoms with Gasteiger partial charge in [-0.3, -0.25) is 4.79 Å². The van der Waals surface area contributed by atoms with E-state index in [2.05, 4.69) is 0 Å². The second-order valence-corrected chi connectivity index (χ2v) is 3.44. The van der Waals surface area contributed by atoms with Crippen molar-refractivity contribution >= 4 is 11.7 Å². The molecule has 4 heteroatoms. The molecule has 0 saturated carbocycles. The van der Waals surface area contributed by atoms with Crippen LogP contribution < -0.4 is 4.90 Å². The van der Waals surface area contributed by atoms with E-state index in [9.17, 15) is 9.90 Å². The Labute approximate surface area is 88.8 Å². The summed E-state index contributed by atoms with van der Waals surface area (Å²) in [7, 11) is 1.87. The molecule has 0 fully saturated rings. The van der Waals surface area contributed by atoms with Crippen molar-refractivity contribution in [1.29, 1.82) is 0 Å². The number of phenolic OH excluding ortho intramolecular Hbond substituents is 1. The lowest BCUT2D eigenvalue weighted by atomic mass is 10.2. The van der Waals surface area contributed by atoms with Crippen LogP contribution in [0.15, 0.2) is 24.3 Å². The van der Waals surface area contributed by atoms with Crippen LogP contribution in [0.5, 0.6) is 5.75 Å². The monoisotopic (exact) mass is 209 g/mol. The van der Waals surface area contributed by atoms with Crippen molar-refractivity contribution in [3.63, 3.8) is 0 Å². The molecule has 4 nitrogen and oxygen atoms in total. The van der Waals surface area contributed by atoms with Gasteiger partial charge in [0.2, 0.25) is 0 Å². The van der Waals surface area contributed by atoms with Gasteiger partial charge < -0.3 is 15.1 Å². The molecule has 0 saturated heterocycles. The number of anilines is 1. The number of phenols is 1. The number of hydrogen-bond acceptors (Lipinski definition) is 3. The van der Waals surface area contributed by atoms with Crippen molar-refractivity contribution < 1.29 is 15.0 Å². The maximum atomic E-state index is 10.3. The summed E-state index contributed by atoms with van der Waals surface area (Å²) in [6.45, 7) is 0.662. The van der Waals surface area contributed by atoms with Crippen LogP contribution in [-0.2, 0) is 4.79 Å². The number of carboxylic acids is 1. The van der Waals surface area contributed by atoms with Crippen molar-refractivity contribution in [2.24, 2.45) is 0 Å². The molecule has 0 bridgehead atoms. The van der Waals surface area contributed by atoms with Gasteiger partial charge in [-0.15, -0.1) is 0 Å². The topological polar surface area (TPSA) is 60.8 Å². The summed E-state index contributed by atoms with van der Waals surface area (Å²) in [6.07, 6.45) is 0.768. The van der Waals surface area contributed by atoms with Crippen LogP contribution in [0.4, 0.5) is 5.69 Å². The molecular formula is C11H15NO3. The van der Waals surface area contributed by atoms with Gasteiger partial charge in [-0.1, -0.05) is 6.07 Å². The third-order valence-corrected chi connectivity index (χ3v) is 2.15. The molecule has 0 aliphatic rings. The second kappa shape index (κ2) is 5.24. The molecule has 1 aromatic carbocycles. The van der Waals surface area contributed by atoms with Gasteiger partial charge in [-0.2, -0.15) is 0 Å². The van der Waals surface area contributed by atoms with Gasteiger partial charge in [-0.25, -0.2) is 0 Å². The lowest BCUT2D eigenvalue weighted by Gasteiger charge is -2.18. The lowest BCUT2D eigenvalue weighted by molar-refractivity contribution is -0.137. The molecule has 1 aromatic rings. The molecule has 0 radical (unpaired) electrons. The van der Waals surface area contributed by atoms with Gasteiger partial charge in [0, 0.05) is 31.8 Å². The highest BCUT2D eigenvalue weighted by Crippen LogP contribution is 2.18. The van der Waals surface area contributed by atoms with Crippen LogP contribution in [0, 0.1) is 0 Å². The van der Waals surface area contributed by atoms with Crippen molar-refractivity contribution in [2.75, 3.05) is 18.5 Å². The number of aromatic hydroxyl groups is 1. The van der Waals surface area contributed by atoms with Crippen LogP contribution in [-0.4, -0.2) is 29.8 Å². The third-order valence-electron chi connectivity index (χ3n) is 2.15. The molecular weight excluding hydrogens is 194 g/mol. The summed E-state index contributed by atoms with van der Waals surface area (Å²) >= 11 is 0. The number of carbonyl (C=O) groups is 1. The smallest absolute Gasteiger partial charge is 0.303 e. The molecule has 1 rings (SSSR count). The zero-order valence-electron chi connectivity index (χ0n) is 8.68. The van der Waals surface area contributed by atoms with Gasteiger partial charge in [-0.05, 0) is 18.6 Å². The molecule has 0 aliphatic heterocycles. The standard InChI is InChI=1S/C11H15NO3/c1-12(7-3-6-11(14)15)9-4-2-5-10(13)8-9/h2,4-5,8,13H,3,6-7H2,1H3,(H,14,15). The quantitative estimate of drug-likeness (QED) is 0.774. The Hall–Kier alpha value is -1.71. The van der Waals surface area contributed by atoms with Crippen molar-refractivity contribution in [3.8, 4) is 5.75 Å². The molecule has 0 atom stereocenters. The first-order valence-corrected chi connectivity index (χ1v) is 4.81. The summed E-state index contributed by atoms with van der Waals surface area (Å²) in [6, 6.07) is 6.90. The molecule has 0 unspecified atom stereocenters. The van der Waals surface area contributed by atoms with Crippen molar-refractivity contribution in [3.05, 3.63) is 24.3 Å². The molecule has 15 heavy (non-hydrogen) atoms. The fourth-order valence-corrected chi connectivity index (χ4v) is 1.33.